The van der Waals surface area contributed by atoms with E-state index in [2.05, 4.69) is 17.0 Å². The molecule has 2 rings (SSSR count). The molecule has 0 aliphatic rings. The molecule has 1 amide bonds. The van der Waals surface area contributed by atoms with Gasteiger partial charge < -0.3 is 5.32 Å². The molecule has 0 fully saturated rings. The normalized spacial score (nSPS) is 12.8. The molecule has 0 unspecified atom stereocenters. The van der Waals surface area contributed by atoms with Crippen LogP contribution in [0.2, 0.25) is 0 Å². The zero-order valence-electron chi connectivity index (χ0n) is 18.6. The molecule has 10 heteroatoms. The van der Waals surface area contributed by atoms with Gasteiger partial charge in [0, 0.05) is 12.5 Å². The van der Waals surface area contributed by atoms with Crippen LogP contribution < -0.4 is 5.32 Å². The Morgan fingerprint density at radius 2 is 1.97 bits per heavy atom. The summed E-state index contributed by atoms with van der Waals surface area (Å²) in [5, 5.41) is 14.8. The van der Waals surface area contributed by atoms with Gasteiger partial charge in [0.1, 0.15) is 23.4 Å². The van der Waals surface area contributed by atoms with E-state index in [0.717, 1.165) is 24.3 Å². The molecule has 1 N–H and O–H groups in total. The molecule has 1 heterocycles. The number of rotatable bonds is 9. The first-order valence-corrected chi connectivity index (χ1v) is 10.3. The Morgan fingerprint density at radius 3 is 2.60 bits per heavy atom. The predicted octanol–water partition coefficient (Wildman–Crippen LogP) is 6.47. The maximum absolute atomic E-state index is 14.7. The number of nitrogens with one attached hydrogen (secondary N) is 1. The van der Waals surface area contributed by atoms with Crippen molar-refractivity contribution in [2.24, 2.45) is 0 Å². The summed E-state index contributed by atoms with van der Waals surface area (Å²) in [6.45, 7) is 5.29. The quantitative estimate of drug-likeness (QED) is 0.325. The Morgan fingerprint density at radius 1 is 1.23 bits per heavy atom. The van der Waals surface area contributed by atoms with Crippen LogP contribution in [0.15, 0.2) is 84.9 Å². The smallest absolute Gasteiger partial charge is 0.321 e. The van der Waals surface area contributed by atoms with Gasteiger partial charge >= 0.3 is 6.18 Å². The molecule has 35 heavy (non-hydrogen) atoms. The summed E-state index contributed by atoms with van der Waals surface area (Å²) < 4.78 is 69.1. The van der Waals surface area contributed by atoms with Crippen LogP contribution in [-0.4, -0.2) is 15.7 Å². The van der Waals surface area contributed by atoms with Gasteiger partial charge in [-0.3, -0.25) is 4.79 Å². The monoisotopic (exact) mass is 488 g/mol. The van der Waals surface area contributed by atoms with E-state index in [1.807, 2.05) is 0 Å². The number of allylic oxidation sites excluding steroid dienone is 8. The third-order valence-corrected chi connectivity index (χ3v) is 4.42. The summed E-state index contributed by atoms with van der Waals surface area (Å²) >= 11 is 0. The van der Waals surface area contributed by atoms with Crippen molar-refractivity contribution in [1.29, 1.82) is 5.26 Å². The third kappa shape index (κ3) is 7.37. The van der Waals surface area contributed by atoms with E-state index in [1.54, 1.807) is 31.2 Å². The number of benzene rings is 1. The second-order valence-corrected chi connectivity index (χ2v) is 6.94. The van der Waals surface area contributed by atoms with Crippen molar-refractivity contribution >= 4 is 5.91 Å². The lowest BCUT2D eigenvalue weighted by molar-refractivity contribution is -0.141. The van der Waals surface area contributed by atoms with E-state index in [0.29, 0.717) is 17.2 Å². The van der Waals surface area contributed by atoms with E-state index >= 15 is 0 Å². The summed E-state index contributed by atoms with van der Waals surface area (Å²) in [4.78, 5) is 13.0. The van der Waals surface area contributed by atoms with Crippen LogP contribution in [0.1, 0.15) is 41.5 Å². The number of hydrogen-bond donors (Lipinski definition) is 1. The van der Waals surface area contributed by atoms with Crippen LogP contribution in [0.5, 0.6) is 0 Å². The summed E-state index contributed by atoms with van der Waals surface area (Å²) in [5.41, 5.74) is -2.78. The van der Waals surface area contributed by atoms with Gasteiger partial charge in [0.2, 0.25) is 0 Å². The van der Waals surface area contributed by atoms with E-state index in [1.165, 1.54) is 18.2 Å². The number of carbonyl (C=O) groups excluding carboxylic acids is 1. The number of alkyl halides is 3. The third-order valence-electron chi connectivity index (χ3n) is 4.42. The van der Waals surface area contributed by atoms with Crippen LogP contribution in [0.25, 0.3) is 5.69 Å². The van der Waals surface area contributed by atoms with Gasteiger partial charge in [0.05, 0.1) is 16.9 Å². The first-order valence-electron chi connectivity index (χ1n) is 10.3. The van der Waals surface area contributed by atoms with Crippen molar-refractivity contribution < 1.29 is 26.7 Å². The Kier molecular flexibility index (Phi) is 9.46. The SMILES string of the molecule is C=C/C=C\C=C/C/C(NC(=O)c1cc(C(F)(F)F)nn1-c1ccc(F)c(C#N)c1)=C(F)\C=C/CC. The molecule has 182 valence electrons. The molecule has 2 aromatic rings. The van der Waals surface area contributed by atoms with Gasteiger partial charge in [-0.1, -0.05) is 50.0 Å². The fraction of sp³-hybridized carbons (Fsp3) is 0.160. The fourth-order valence-corrected chi connectivity index (χ4v) is 2.75. The van der Waals surface area contributed by atoms with Crippen molar-refractivity contribution in [2.45, 2.75) is 25.9 Å². The molecule has 1 aromatic carbocycles. The molecule has 0 saturated carbocycles. The summed E-state index contributed by atoms with van der Waals surface area (Å²) in [6, 6.07) is 4.95. The lowest BCUT2D eigenvalue weighted by atomic mass is 10.2. The highest BCUT2D eigenvalue weighted by atomic mass is 19.4. The maximum Gasteiger partial charge on any atom is 0.435 e. The second-order valence-electron chi connectivity index (χ2n) is 6.94. The minimum absolute atomic E-state index is 0.0808. The molecule has 0 atom stereocenters. The van der Waals surface area contributed by atoms with E-state index < -0.39 is 40.7 Å². The first-order chi connectivity index (χ1) is 16.6. The van der Waals surface area contributed by atoms with Crippen molar-refractivity contribution in [2.75, 3.05) is 0 Å². The Hall–Kier alpha value is -4.26. The molecule has 0 bridgehead atoms. The lowest BCUT2D eigenvalue weighted by Gasteiger charge is -2.11. The number of carbonyl (C=O) groups is 1. The molecule has 5 nitrogen and oxygen atoms in total. The largest absolute Gasteiger partial charge is 0.435 e. The van der Waals surface area contributed by atoms with Gasteiger partial charge in [-0.05, 0) is 30.7 Å². The zero-order chi connectivity index (χ0) is 26.0. The molecule has 0 aliphatic carbocycles. The highest BCUT2D eigenvalue weighted by Gasteiger charge is 2.36. The Balaban J connectivity index is 2.53. The van der Waals surface area contributed by atoms with Crippen LogP contribution in [-0.2, 0) is 6.18 Å². The number of halogens is 5. The van der Waals surface area contributed by atoms with Crippen molar-refractivity contribution in [3.05, 3.63) is 108 Å². The van der Waals surface area contributed by atoms with Crippen LogP contribution in [0, 0.1) is 17.1 Å². The average molecular weight is 488 g/mol. The van der Waals surface area contributed by atoms with Crippen molar-refractivity contribution in [3.8, 4) is 11.8 Å². The molecular weight excluding hydrogens is 467 g/mol. The minimum Gasteiger partial charge on any atom is -0.321 e. The summed E-state index contributed by atoms with van der Waals surface area (Å²) in [6.07, 6.45) is 6.08. The molecule has 0 radical (unpaired) electrons. The molecule has 0 saturated heterocycles. The number of nitriles is 1. The number of hydrogen-bond acceptors (Lipinski definition) is 3. The summed E-state index contributed by atoms with van der Waals surface area (Å²) in [5.74, 6) is -2.76. The number of amides is 1. The van der Waals surface area contributed by atoms with Gasteiger partial charge in [-0.2, -0.15) is 23.5 Å². The standard InChI is InChI=1S/C25H21F5N4O/c1-3-5-7-8-9-11-21(20(27)10-6-4-2)32-24(35)22-15-23(25(28,29)30)33-34(22)18-12-13-19(26)17(14-18)16-31/h3,5-10,12-15H,1,4,11H2,2H3,(H,32,35)/b7-5-,9-8-,10-6-,21-20-. The van der Waals surface area contributed by atoms with Crippen LogP contribution >= 0.6 is 0 Å². The van der Waals surface area contributed by atoms with Gasteiger partial charge in [0.15, 0.2) is 5.69 Å². The lowest BCUT2D eigenvalue weighted by Crippen LogP contribution is -2.26. The van der Waals surface area contributed by atoms with Crippen molar-refractivity contribution in [1.82, 2.24) is 15.1 Å². The van der Waals surface area contributed by atoms with Gasteiger partial charge in [-0.25, -0.2) is 13.5 Å². The minimum atomic E-state index is -4.90. The second kappa shape index (κ2) is 12.3. The van der Waals surface area contributed by atoms with E-state index in [-0.39, 0.29) is 17.8 Å². The highest BCUT2D eigenvalue weighted by molar-refractivity contribution is 5.94. The average Bonchev–Trinajstić information content (AvgIpc) is 3.28. The highest BCUT2D eigenvalue weighted by Crippen LogP contribution is 2.30. The fourth-order valence-electron chi connectivity index (χ4n) is 2.75. The van der Waals surface area contributed by atoms with Crippen molar-refractivity contribution in [3.63, 3.8) is 0 Å². The Bertz CT molecular complexity index is 1240. The maximum atomic E-state index is 14.7. The number of nitrogens with zero attached hydrogens (tertiary/aromatic N) is 3. The number of aromatic nitrogens is 2. The molecule has 0 aliphatic heterocycles. The van der Waals surface area contributed by atoms with Gasteiger partial charge in [0.25, 0.3) is 5.91 Å². The predicted molar refractivity (Wildman–Crippen MR) is 121 cm³/mol. The first kappa shape index (κ1) is 27.0. The zero-order valence-corrected chi connectivity index (χ0v) is 18.6. The van der Waals surface area contributed by atoms with Gasteiger partial charge in [-0.15, -0.1) is 0 Å². The molecule has 0 spiro atoms. The van der Waals surface area contributed by atoms with Crippen LogP contribution in [0.4, 0.5) is 22.0 Å². The molecular formula is C25H21F5N4O. The Labute approximate surface area is 198 Å². The molecule has 1 aromatic heterocycles. The summed E-state index contributed by atoms with van der Waals surface area (Å²) in [7, 11) is 0. The van der Waals surface area contributed by atoms with E-state index in [9.17, 15) is 26.7 Å². The van der Waals surface area contributed by atoms with E-state index in [4.69, 9.17) is 5.26 Å². The topological polar surface area (TPSA) is 70.7 Å². The van der Waals surface area contributed by atoms with Crippen LogP contribution in [0.3, 0.4) is 0 Å².